The molecule has 0 amide bonds. The van der Waals surface area contributed by atoms with E-state index in [9.17, 15) is 13.2 Å². The number of fused-ring (bicyclic) bond motifs is 1. The van der Waals surface area contributed by atoms with Crippen LogP contribution in [0.3, 0.4) is 0 Å². The Morgan fingerprint density at radius 2 is 1.97 bits per heavy atom. The molecule has 0 bridgehead atoms. The van der Waals surface area contributed by atoms with Crippen molar-refractivity contribution in [3.05, 3.63) is 40.4 Å². The van der Waals surface area contributed by atoms with E-state index in [-0.39, 0.29) is 23.3 Å². The molecular formula is C23H30N6O3S2. The highest BCUT2D eigenvalue weighted by atomic mass is 32.2. The van der Waals surface area contributed by atoms with E-state index in [1.165, 1.54) is 11.3 Å². The van der Waals surface area contributed by atoms with Crippen LogP contribution in [-0.2, 0) is 10.0 Å². The number of thiazole rings is 1. The van der Waals surface area contributed by atoms with Crippen molar-refractivity contribution in [1.29, 1.82) is 0 Å². The summed E-state index contributed by atoms with van der Waals surface area (Å²) in [4.78, 5) is 26.0. The van der Waals surface area contributed by atoms with E-state index in [1.807, 2.05) is 24.3 Å². The molecule has 34 heavy (non-hydrogen) atoms. The smallest absolute Gasteiger partial charge is 0.263 e. The van der Waals surface area contributed by atoms with Gasteiger partial charge in [0, 0.05) is 31.6 Å². The van der Waals surface area contributed by atoms with E-state index >= 15 is 0 Å². The fourth-order valence-electron chi connectivity index (χ4n) is 4.72. The Kier molecular flexibility index (Phi) is 6.70. The largest absolute Gasteiger partial charge is 0.365 e. The van der Waals surface area contributed by atoms with Crippen LogP contribution in [0.1, 0.15) is 44.3 Å². The first-order chi connectivity index (χ1) is 16.4. The van der Waals surface area contributed by atoms with Gasteiger partial charge < -0.3 is 15.6 Å². The molecule has 4 heterocycles. The predicted molar refractivity (Wildman–Crippen MR) is 136 cm³/mol. The van der Waals surface area contributed by atoms with Crippen LogP contribution in [0.2, 0.25) is 0 Å². The minimum atomic E-state index is -3.20. The van der Waals surface area contributed by atoms with Crippen LogP contribution in [0.4, 0.5) is 5.82 Å². The molecule has 182 valence electrons. The van der Waals surface area contributed by atoms with Gasteiger partial charge in [-0.05, 0) is 51.3 Å². The highest BCUT2D eigenvalue weighted by molar-refractivity contribution is 7.89. The number of rotatable bonds is 6. The third kappa shape index (κ3) is 4.74. The van der Waals surface area contributed by atoms with Gasteiger partial charge in [0.25, 0.3) is 5.56 Å². The van der Waals surface area contributed by atoms with Gasteiger partial charge in [-0.2, -0.15) is 0 Å². The molecule has 3 aromatic rings. The molecule has 2 saturated heterocycles. The van der Waals surface area contributed by atoms with Gasteiger partial charge in [-0.25, -0.2) is 22.7 Å². The summed E-state index contributed by atoms with van der Waals surface area (Å²) in [6.45, 7) is 4.37. The molecule has 0 saturated carbocycles. The molecule has 0 aliphatic carbocycles. The van der Waals surface area contributed by atoms with E-state index in [1.54, 1.807) is 11.2 Å². The van der Waals surface area contributed by atoms with Crippen molar-refractivity contribution in [2.24, 2.45) is 0 Å². The number of benzene rings is 1. The fourth-order valence-corrected chi connectivity index (χ4v) is 6.87. The van der Waals surface area contributed by atoms with Gasteiger partial charge in [-0.3, -0.25) is 4.79 Å². The molecule has 2 aliphatic heterocycles. The number of para-hydroxylation sites is 1. The Bertz CT molecular complexity index is 1290. The molecule has 0 unspecified atom stereocenters. The summed E-state index contributed by atoms with van der Waals surface area (Å²) in [7, 11) is -3.20. The van der Waals surface area contributed by atoms with Crippen LogP contribution < -0.4 is 16.2 Å². The summed E-state index contributed by atoms with van der Waals surface area (Å²) in [6, 6.07) is 8.04. The highest BCUT2D eigenvalue weighted by Gasteiger charge is 2.30. The summed E-state index contributed by atoms with van der Waals surface area (Å²) in [5.41, 5.74) is 1.13. The molecule has 2 aromatic heterocycles. The fraction of sp³-hybridized carbons (Fsp3) is 0.522. The lowest BCUT2D eigenvalue weighted by atomic mass is 9.97. The average Bonchev–Trinajstić information content (AvgIpc) is 3.28. The molecule has 0 radical (unpaired) electrons. The van der Waals surface area contributed by atoms with Gasteiger partial charge in [-0.15, -0.1) is 11.3 Å². The quantitative estimate of drug-likeness (QED) is 0.474. The monoisotopic (exact) mass is 502 g/mol. The van der Waals surface area contributed by atoms with Crippen molar-refractivity contribution in [2.45, 2.75) is 44.6 Å². The summed E-state index contributed by atoms with van der Waals surface area (Å²) in [5.74, 6) is 1.29. The number of nitrogens with one attached hydrogen (secondary N) is 3. The van der Waals surface area contributed by atoms with Crippen molar-refractivity contribution < 1.29 is 8.42 Å². The average molecular weight is 503 g/mol. The van der Waals surface area contributed by atoms with E-state index in [0.29, 0.717) is 48.1 Å². The van der Waals surface area contributed by atoms with E-state index in [0.717, 1.165) is 36.1 Å². The van der Waals surface area contributed by atoms with Gasteiger partial charge in [-0.1, -0.05) is 12.1 Å². The second kappa shape index (κ2) is 9.73. The van der Waals surface area contributed by atoms with E-state index in [2.05, 4.69) is 15.6 Å². The molecule has 9 nitrogen and oxygen atoms in total. The third-order valence-corrected chi connectivity index (χ3v) is 9.62. The van der Waals surface area contributed by atoms with Crippen molar-refractivity contribution in [1.82, 2.24) is 24.6 Å². The lowest BCUT2D eigenvalue weighted by Gasteiger charge is -2.31. The van der Waals surface area contributed by atoms with Crippen molar-refractivity contribution in [3.8, 4) is 10.6 Å². The zero-order valence-electron chi connectivity index (χ0n) is 19.2. The number of nitrogens with zero attached hydrogens (tertiary/aromatic N) is 3. The van der Waals surface area contributed by atoms with Gasteiger partial charge in [0.05, 0.1) is 16.0 Å². The molecular weight excluding hydrogens is 472 g/mol. The first kappa shape index (κ1) is 23.4. The van der Waals surface area contributed by atoms with Crippen LogP contribution in [0.25, 0.3) is 20.8 Å². The molecule has 1 atom stereocenters. The van der Waals surface area contributed by atoms with Crippen molar-refractivity contribution in [2.75, 3.05) is 37.2 Å². The summed E-state index contributed by atoms with van der Waals surface area (Å²) >= 11 is 1.49. The summed E-state index contributed by atoms with van der Waals surface area (Å²) in [5, 5.41) is 7.57. The number of hydrogen-bond donors (Lipinski definition) is 3. The number of piperidine rings is 2. The van der Waals surface area contributed by atoms with Gasteiger partial charge >= 0.3 is 0 Å². The lowest BCUT2D eigenvalue weighted by Crippen LogP contribution is -2.40. The molecule has 3 N–H and O–H groups in total. The Morgan fingerprint density at radius 3 is 2.68 bits per heavy atom. The number of H-pyrrole nitrogens is 1. The van der Waals surface area contributed by atoms with Crippen LogP contribution in [-0.4, -0.2) is 65.6 Å². The zero-order chi connectivity index (χ0) is 23.7. The predicted octanol–water partition coefficient (Wildman–Crippen LogP) is 2.74. The SMILES string of the molecule is CCS(=O)(=O)N1CCC(c2nc(N[C@@H]3CCCNC3)c(-c3nc4ccccc4s3)c(=O)[nH]2)CC1. The maximum absolute atomic E-state index is 13.4. The maximum Gasteiger partial charge on any atom is 0.263 e. The minimum absolute atomic E-state index is 0.00505. The van der Waals surface area contributed by atoms with E-state index < -0.39 is 10.0 Å². The molecule has 2 aliphatic rings. The van der Waals surface area contributed by atoms with Crippen LogP contribution in [0, 0.1) is 0 Å². The number of hydrogen-bond acceptors (Lipinski definition) is 8. The topological polar surface area (TPSA) is 120 Å². The number of sulfonamides is 1. The molecule has 11 heteroatoms. The van der Waals surface area contributed by atoms with Gasteiger partial charge in [0.1, 0.15) is 22.2 Å². The van der Waals surface area contributed by atoms with Crippen LogP contribution in [0.15, 0.2) is 29.1 Å². The first-order valence-corrected chi connectivity index (χ1v) is 14.3. The van der Waals surface area contributed by atoms with Crippen LogP contribution in [0.5, 0.6) is 0 Å². The molecule has 1 aromatic carbocycles. The van der Waals surface area contributed by atoms with E-state index in [4.69, 9.17) is 9.97 Å². The zero-order valence-corrected chi connectivity index (χ0v) is 20.8. The summed E-state index contributed by atoms with van der Waals surface area (Å²) < 4.78 is 27.0. The molecule has 0 spiro atoms. The summed E-state index contributed by atoms with van der Waals surface area (Å²) in [6.07, 6.45) is 3.33. The standard InChI is InChI=1S/C23H30N6O3S2/c1-2-34(31,32)29-12-9-15(10-13-29)20-27-21(25-16-6-5-11-24-14-16)19(22(30)28-20)23-26-17-7-3-4-8-18(17)33-23/h3-4,7-8,15-16,24H,2,5-6,9-14H2,1H3,(H2,25,27,28,30)/t16-/m1/s1. The van der Waals surface area contributed by atoms with Crippen molar-refractivity contribution >= 4 is 37.4 Å². The normalized spacial score (nSPS) is 20.6. The van der Waals surface area contributed by atoms with Gasteiger partial charge in [0.15, 0.2) is 0 Å². The Labute approximate surface area is 203 Å². The lowest BCUT2D eigenvalue weighted by molar-refractivity contribution is 0.313. The second-order valence-corrected chi connectivity index (χ2v) is 12.2. The van der Waals surface area contributed by atoms with Crippen molar-refractivity contribution in [3.63, 3.8) is 0 Å². The Balaban J connectivity index is 1.49. The number of anilines is 1. The third-order valence-electron chi connectivity index (χ3n) is 6.68. The van der Waals surface area contributed by atoms with Gasteiger partial charge in [0.2, 0.25) is 10.0 Å². The Hall–Kier alpha value is -2.34. The first-order valence-electron chi connectivity index (χ1n) is 11.9. The second-order valence-electron chi connectivity index (χ2n) is 8.92. The Morgan fingerprint density at radius 1 is 1.18 bits per heavy atom. The minimum Gasteiger partial charge on any atom is -0.365 e. The number of aromatic amines is 1. The maximum atomic E-state index is 13.4. The molecule has 5 rings (SSSR count). The number of aromatic nitrogens is 3. The van der Waals surface area contributed by atoms with Crippen LogP contribution >= 0.6 is 11.3 Å². The molecule has 2 fully saturated rings. The highest BCUT2D eigenvalue weighted by Crippen LogP contribution is 2.34.